The summed E-state index contributed by atoms with van der Waals surface area (Å²) >= 11 is 0. The van der Waals surface area contributed by atoms with Crippen molar-refractivity contribution in [3.05, 3.63) is 0 Å². The molecule has 1 atom stereocenters. The van der Waals surface area contributed by atoms with Gasteiger partial charge in [0.25, 0.3) is 0 Å². The van der Waals surface area contributed by atoms with Gasteiger partial charge in [0.1, 0.15) is 0 Å². The molecule has 2 heteroatoms. The van der Waals surface area contributed by atoms with E-state index < -0.39 is 0 Å². The predicted molar refractivity (Wildman–Crippen MR) is 60.6 cm³/mol. The fourth-order valence-electron chi connectivity index (χ4n) is 3.45. The summed E-state index contributed by atoms with van der Waals surface area (Å²) in [5, 5.41) is 0. The van der Waals surface area contributed by atoms with Gasteiger partial charge in [-0.05, 0) is 52.4 Å². The van der Waals surface area contributed by atoms with E-state index in [-0.39, 0.29) is 0 Å². The maximum Gasteiger partial charge on any atom is 0.0336 e. The molecule has 1 unspecified atom stereocenters. The van der Waals surface area contributed by atoms with E-state index in [4.69, 9.17) is 0 Å². The first-order valence-corrected chi connectivity index (χ1v) is 6.20. The second kappa shape index (κ2) is 4.19. The van der Waals surface area contributed by atoms with E-state index in [1.165, 1.54) is 58.3 Å². The van der Waals surface area contributed by atoms with Crippen molar-refractivity contribution in [1.29, 1.82) is 0 Å². The quantitative estimate of drug-likeness (QED) is 0.632. The molecule has 2 aliphatic rings. The van der Waals surface area contributed by atoms with E-state index in [0.717, 1.165) is 0 Å². The standard InChI is InChI=1S/C12H24N2/c1-3-14-10-5-4-7-12(14)8-6-9-13(2)11-12/h3-11H2,1-2H3. The molecule has 2 rings (SSSR count). The average Bonchev–Trinajstić information content (AvgIpc) is 2.18. The zero-order valence-electron chi connectivity index (χ0n) is 9.76. The molecule has 2 nitrogen and oxygen atoms in total. The Hall–Kier alpha value is -0.0800. The lowest BCUT2D eigenvalue weighted by Gasteiger charge is -2.51. The van der Waals surface area contributed by atoms with Crippen molar-refractivity contribution < 1.29 is 0 Å². The molecule has 0 N–H and O–H groups in total. The third-order valence-electron chi connectivity index (χ3n) is 4.12. The topological polar surface area (TPSA) is 6.48 Å². The van der Waals surface area contributed by atoms with Crippen molar-refractivity contribution in [2.24, 2.45) is 0 Å². The number of nitrogens with zero attached hydrogens (tertiary/aromatic N) is 2. The van der Waals surface area contributed by atoms with Gasteiger partial charge in [-0.2, -0.15) is 0 Å². The molecule has 0 saturated carbocycles. The van der Waals surface area contributed by atoms with Crippen LogP contribution in [-0.4, -0.2) is 48.6 Å². The minimum atomic E-state index is 0.556. The number of likely N-dealkylation sites (tertiary alicyclic amines) is 2. The van der Waals surface area contributed by atoms with Gasteiger partial charge in [-0.15, -0.1) is 0 Å². The van der Waals surface area contributed by atoms with Crippen molar-refractivity contribution in [1.82, 2.24) is 9.80 Å². The first kappa shape index (κ1) is 10.4. The summed E-state index contributed by atoms with van der Waals surface area (Å²) in [4.78, 5) is 5.27. The summed E-state index contributed by atoms with van der Waals surface area (Å²) in [5.41, 5.74) is 0.556. The number of rotatable bonds is 1. The smallest absolute Gasteiger partial charge is 0.0336 e. The Morgan fingerprint density at radius 1 is 1.07 bits per heavy atom. The number of hydrogen-bond acceptors (Lipinski definition) is 2. The lowest BCUT2D eigenvalue weighted by molar-refractivity contribution is -0.00577. The first-order chi connectivity index (χ1) is 6.77. The zero-order chi connectivity index (χ0) is 10.0. The fraction of sp³-hybridized carbons (Fsp3) is 1.00. The van der Waals surface area contributed by atoms with Crippen LogP contribution in [0.4, 0.5) is 0 Å². The highest BCUT2D eigenvalue weighted by Crippen LogP contribution is 2.35. The maximum atomic E-state index is 2.74. The highest BCUT2D eigenvalue weighted by atomic mass is 15.3. The van der Waals surface area contributed by atoms with E-state index >= 15 is 0 Å². The Morgan fingerprint density at radius 2 is 1.86 bits per heavy atom. The minimum Gasteiger partial charge on any atom is -0.305 e. The first-order valence-electron chi connectivity index (χ1n) is 6.20. The van der Waals surface area contributed by atoms with Gasteiger partial charge < -0.3 is 4.90 Å². The molecule has 1 spiro atoms. The molecule has 2 heterocycles. The average molecular weight is 196 g/mol. The van der Waals surface area contributed by atoms with Crippen molar-refractivity contribution in [3.8, 4) is 0 Å². The van der Waals surface area contributed by atoms with Crippen molar-refractivity contribution in [2.45, 2.75) is 44.6 Å². The Labute approximate surface area is 88.3 Å². The molecule has 0 radical (unpaired) electrons. The van der Waals surface area contributed by atoms with Gasteiger partial charge in [0, 0.05) is 12.1 Å². The van der Waals surface area contributed by atoms with E-state index in [1.807, 2.05) is 0 Å². The molecule has 0 aliphatic carbocycles. The van der Waals surface area contributed by atoms with Crippen LogP contribution in [-0.2, 0) is 0 Å². The molecule has 2 aliphatic heterocycles. The SMILES string of the molecule is CCN1CCCCC12CCCN(C)C2. The highest BCUT2D eigenvalue weighted by molar-refractivity contribution is 4.97. The number of hydrogen-bond donors (Lipinski definition) is 0. The molecular weight excluding hydrogens is 172 g/mol. The van der Waals surface area contributed by atoms with Gasteiger partial charge in [-0.1, -0.05) is 13.3 Å². The molecule has 2 saturated heterocycles. The van der Waals surface area contributed by atoms with Crippen LogP contribution in [0.25, 0.3) is 0 Å². The normalized spacial score (nSPS) is 36.4. The minimum absolute atomic E-state index is 0.556. The van der Waals surface area contributed by atoms with Crippen molar-refractivity contribution >= 4 is 0 Å². The largest absolute Gasteiger partial charge is 0.305 e. The van der Waals surface area contributed by atoms with Gasteiger partial charge in [0.2, 0.25) is 0 Å². The molecule has 2 fully saturated rings. The van der Waals surface area contributed by atoms with Crippen molar-refractivity contribution in [2.75, 3.05) is 33.2 Å². The van der Waals surface area contributed by atoms with Crippen LogP contribution in [0.2, 0.25) is 0 Å². The van der Waals surface area contributed by atoms with Gasteiger partial charge in [-0.25, -0.2) is 0 Å². The maximum absolute atomic E-state index is 2.74. The second-order valence-electron chi connectivity index (χ2n) is 5.10. The van der Waals surface area contributed by atoms with E-state index in [0.29, 0.717) is 5.54 Å². The molecule has 82 valence electrons. The lowest BCUT2D eigenvalue weighted by atomic mass is 9.80. The summed E-state index contributed by atoms with van der Waals surface area (Å²) in [6, 6.07) is 0. The van der Waals surface area contributed by atoms with Gasteiger partial charge in [-0.3, -0.25) is 4.90 Å². The predicted octanol–water partition coefficient (Wildman–Crippen LogP) is 1.96. The molecule has 0 aromatic carbocycles. The molecule has 14 heavy (non-hydrogen) atoms. The Kier molecular flexibility index (Phi) is 3.13. The highest BCUT2D eigenvalue weighted by Gasteiger charge is 2.40. The summed E-state index contributed by atoms with van der Waals surface area (Å²) in [5.74, 6) is 0. The Morgan fingerprint density at radius 3 is 2.57 bits per heavy atom. The van der Waals surface area contributed by atoms with Crippen LogP contribution in [0.3, 0.4) is 0 Å². The van der Waals surface area contributed by atoms with Crippen LogP contribution >= 0.6 is 0 Å². The second-order valence-corrected chi connectivity index (χ2v) is 5.10. The van der Waals surface area contributed by atoms with E-state index in [2.05, 4.69) is 23.8 Å². The van der Waals surface area contributed by atoms with Crippen molar-refractivity contribution in [3.63, 3.8) is 0 Å². The number of piperidine rings is 2. The molecule has 0 aromatic heterocycles. The number of likely N-dealkylation sites (N-methyl/N-ethyl adjacent to an activating group) is 2. The summed E-state index contributed by atoms with van der Waals surface area (Å²) in [6.07, 6.45) is 7.13. The zero-order valence-corrected chi connectivity index (χ0v) is 9.76. The Bertz CT molecular complexity index is 189. The van der Waals surface area contributed by atoms with Crippen LogP contribution in [0, 0.1) is 0 Å². The monoisotopic (exact) mass is 196 g/mol. The van der Waals surface area contributed by atoms with Gasteiger partial charge >= 0.3 is 0 Å². The summed E-state index contributed by atoms with van der Waals surface area (Å²) in [7, 11) is 2.28. The van der Waals surface area contributed by atoms with Crippen LogP contribution in [0.5, 0.6) is 0 Å². The molecular formula is C12H24N2. The fourth-order valence-corrected chi connectivity index (χ4v) is 3.45. The third-order valence-corrected chi connectivity index (χ3v) is 4.12. The van der Waals surface area contributed by atoms with Crippen LogP contribution in [0.15, 0.2) is 0 Å². The lowest BCUT2D eigenvalue weighted by Crippen LogP contribution is -2.59. The van der Waals surface area contributed by atoms with E-state index in [9.17, 15) is 0 Å². The molecule has 0 amide bonds. The summed E-state index contributed by atoms with van der Waals surface area (Å²) < 4.78 is 0. The Balaban J connectivity index is 2.09. The third kappa shape index (κ3) is 1.82. The summed E-state index contributed by atoms with van der Waals surface area (Å²) in [6.45, 7) is 7.51. The van der Waals surface area contributed by atoms with Gasteiger partial charge in [0.05, 0.1) is 0 Å². The molecule has 0 aromatic rings. The van der Waals surface area contributed by atoms with Crippen LogP contribution in [0.1, 0.15) is 39.0 Å². The molecule has 0 bridgehead atoms. The van der Waals surface area contributed by atoms with Crippen LogP contribution < -0.4 is 0 Å². The van der Waals surface area contributed by atoms with Gasteiger partial charge in [0.15, 0.2) is 0 Å². The van der Waals surface area contributed by atoms with E-state index in [1.54, 1.807) is 0 Å².